The number of nitrogens with two attached hydrogens (primary N) is 2. The summed E-state index contributed by atoms with van der Waals surface area (Å²) in [6.07, 6.45) is -2.48. The Balaban J connectivity index is 3.07. The largest absolute Gasteiger partial charge is 0.399 e. The van der Waals surface area contributed by atoms with Crippen LogP contribution in [0.15, 0.2) is 18.2 Å². The van der Waals surface area contributed by atoms with Crippen LogP contribution in [0.1, 0.15) is 10.4 Å². The lowest BCUT2D eigenvalue weighted by Gasteiger charge is -2.21. The summed E-state index contributed by atoms with van der Waals surface area (Å²) < 4.78 is 24.4. The first-order chi connectivity index (χ1) is 7.41. The standard InChI is InChI=1S/C10H13F2N3O/c1-15(5-9(11)12)8-3-2-6(13)4-7(8)10(14)16/h2-4,9H,5,13H2,1H3,(H2,14,16). The number of rotatable bonds is 4. The third kappa shape index (κ3) is 2.82. The molecule has 0 saturated heterocycles. The fraction of sp³-hybridized carbons (Fsp3) is 0.300. The van der Waals surface area contributed by atoms with Gasteiger partial charge in [0, 0.05) is 18.4 Å². The smallest absolute Gasteiger partial charge is 0.255 e. The molecule has 0 heterocycles. The molecular weight excluding hydrogens is 216 g/mol. The number of halogens is 2. The Bertz CT molecular complexity index is 396. The molecule has 1 rings (SSSR count). The first kappa shape index (κ1) is 12.2. The highest BCUT2D eigenvalue weighted by Crippen LogP contribution is 2.22. The normalized spacial score (nSPS) is 10.5. The van der Waals surface area contributed by atoms with E-state index in [4.69, 9.17) is 11.5 Å². The number of nitrogen functional groups attached to an aromatic ring is 1. The van der Waals surface area contributed by atoms with Gasteiger partial charge in [0.05, 0.1) is 12.1 Å². The second-order valence-corrected chi connectivity index (χ2v) is 3.41. The summed E-state index contributed by atoms with van der Waals surface area (Å²) in [5.74, 6) is -0.691. The predicted molar refractivity (Wildman–Crippen MR) is 58.6 cm³/mol. The molecule has 88 valence electrons. The number of hydrogen-bond acceptors (Lipinski definition) is 3. The average molecular weight is 229 g/mol. The highest BCUT2D eigenvalue weighted by Gasteiger charge is 2.15. The van der Waals surface area contributed by atoms with E-state index in [0.717, 1.165) is 0 Å². The Morgan fingerprint density at radius 3 is 2.62 bits per heavy atom. The second kappa shape index (κ2) is 4.78. The van der Waals surface area contributed by atoms with Crippen molar-refractivity contribution in [3.05, 3.63) is 23.8 Å². The zero-order valence-electron chi connectivity index (χ0n) is 8.78. The molecule has 0 atom stereocenters. The van der Waals surface area contributed by atoms with Crippen molar-refractivity contribution in [1.29, 1.82) is 0 Å². The van der Waals surface area contributed by atoms with Gasteiger partial charge in [-0.15, -0.1) is 0 Å². The van der Waals surface area contributed by atoms with Crippen LogP contribution in [0.2, 0.25) is 0 Å². The molecule has 0 unspecified atom stereocenters. The summed E-state index contributed by atoms with van der Waals surface area (Å²) in [6, 6.07) is 4.40. The Labute approximate surface area is 91.8 Å². The maximum atomic E-state index is 12.2. The van der Waals surface area contributed by atoms with Gasteiger partial charge in [-0.3, -0.25) is 4.79 Å². The monoisotopic (exact) mass is 229 g/mol. The van der Waals surface area contributed by atoms with Crippen LogP contribution in [-0.2, 0) is 0 Å². The summed E-state index contributed by atoms with van der Waals surface area (Å²) in [5.41, 5.74) is 11.5. The molecule has 0 aliphatic carbocycles. The SMILES string of the molecule is CN(CC(F)F)c1ccc(N)cc1C(N)=O. The highest BCUT2D eigenvalue weighted by atomic mass is 19.3. The van der Waals surface area contributed by atoms with Gasteiger partial charge in [-0.1, -0.05) is 0 Å². The summed E-state index contributed by atoms with van der Waals surface area (Å²) in [6.45, 7) is -0.468. The molecule has 0 radical (unpaired) electrons. The van der Waals surface area contributed by atoms with Crippen LogP contribution in [0.3, 0.4) is 0 Å². The minimum atomic E-state index is -2.48. The van der Waals surface area contributed by atoms with Crippen molar-refractivity contribution in [1.82, 2.24) is 0 Å². The Hall–Kier alpha value is -1.85. The van der Waals surface area contributed by atoms with E-state index in [2.05, 4.69) is 0 Å². The Morgan fingerprint density at radius 1 is 1.50 bits per heavy atom. The van der Waals surface area contributed by atoms with Crippen molar-refractivity contribution in [3.63, 3.8) is 0 Å². The van der Waals surface area contributed by atoms with Crippen molar-refractivity contribution in [2.24, 2.45) is 5.73 Å². The zero-order valence-corrected chi connectivity index (χ0v) is 8.78. The first-order valence-corrected chi connectivity index (χ1v) is 4.60. The lowest BCUT2D eigenvalue weighted by molar-refractivity contribution is 0.1000. The van der Waals surface area contributed by atoms with Crippen molar-refractivity contribution in [2.45, 2.75) is 6.43 Å². The predicted octanol–water partition coefficient (Wildman–Crippen LogP) is 1.07. The molecule has 0 bridgehead atoms. The van der Waals surface area contributed by atoms with Gasteiger partial charge in [0.2, 0.25) is 0 Å². The molecule has 4 nitrogen and oxygen atoms in total. The molecule has 0 fully saturated rings. The number of alkyl halides is 2. The van der Waals surface area contributed by atoms with E-state index in [-0.39, 0.29) is 5.56 Å². The van der Waals surface area contributed by atoms with E-state index >= 15 is 0 Å². The maximum absolute atomic E-state index is 12.2. The Kier molecular flexibility index (Phi) is 3.65. The van der Waals surface area contributed by atoms with Crippen LogP contribution in [0.4, 0.5) is 20.2 Å². The number of nitrogens with zero attached hydrogens (tertiary/aromatic N) is 1. The minimum absolute atomic E-state index is 0.142. The fourth-order valence-electron chi connectivity index (χ4n) is 1.39. The lowest BCUT2D eigenvalue weighted by Crippen LogP contribution is -2.27. The van der Waals surface area contributed by atoms with Gasteiger partial charge in [-0.2, -0.15) is 0 Å². The van der Waals surface area contributed by atoms with Crippen LogP contribution in [-0.4, -0.2) is 25.9 Å². The molecule has 0 aliphatic rings. The molecule has 0 spiro atoms. The molecule has 16 heavy (non-hydrogen) atoms. The van der Waals surface area contributed by atoms with E-state index in [1.165, 1.54) is 30.1 Å². The van der Waals surface area contributed by atoms with Gasteiger partial charge < -0.3 is 16.4 Å². The molecule has 6 heteroatoms. The van der Waals surface area contributed by atoms with E-state index in [1.54, 1.807) is 0 Å². The van der Waals surface area contributed by atoms with E-state index < -0.39 is 18.9 Å². The lowest BCUT2D eigenvalue weighted by atomic mass is 10.1. The number of amides is 1. The molecule has 0 saturated carbocycles. The topological polar surface area (TPSA) is 72.3 Å². The van der Waals surface area contributed by atoms with Gasteiger partial charge in [0.1, 0.15) is 0 Å². The fourth-order valence-corrected chi connectivity index (χ4v) is 1.39. The molecule has 1 amide bonds. The number of anilines is 2. The van der Waals surface area contributed by atoms with Crippen LogP contribution in [0.5, 0.6) is 0 Å². The quantitative estimate of drug-likeness (QED) is 0.758. The van der Waals surface area contributed by atoms with Crippen molar-refractivity contribution >= 4 is 17.3 Å². The first-order valence-electron chi connectivity index (χ1n) is 4.60. The van der Waals surface area contributed by atoms with Crippen LogP contribution in [0, 0.1) is 0 Å². The molecule has 0 aromatic heterocycles. The number of carbonyl (C=O) groups excluding carboxylic acids is 1. The summed E-state index contributed by atoms with van der Waals surface area (Å²) in [4.78, 5) is 12.4. The van der Waals surface area contributed by atoms with Gasteiger partial charge in [0.25, 0.3) is 12.3 Å². The number of carbonyl (C=O) groups is 1. The zero-order chi connectivity index (χ0) is 12.3. The van der Waals surface area contributed by atoms with Crippen molar-refractivity contribution < 1.29 is 13.6 Å². The average Bonchev–Trinajstić information content (AvgIpc) is 2.16. The van der Waals surface area contributed by atoms with Crippen LogP contribution < -0.4 is 16.4 Å². The van der Waals surface area contributed by atoms with Crippen LogP contribution in [0.25, 0.3) is 0 Å². The number of hydrogen-bond donors (Lipinski definition) is 2. The van der Waals surface area contributed by atoms with Crippen LogP contribution >= 0.6 is 0 Å². The summed E-state index contributed by atoms with van der Waals surface area (Å²) >= 11 is 0. The molecule has 1 aromatic rings. The summed E-state index contributed by atoms with van der Waals surface area (Å²) in [5, 5.41) is 0. The van der Waals surface area contributed by atoms with Gasteiger partial charge in [-0.05, 0) is 18.2 Å². The van der Waals surface area contributed by atoms with Crippen molar-refractivity contribution in [2.75, 3.05) is 24.2 Å². The van der Waals surface area contributed by atoms with Gasteiger partial charge in [0.15, 0.2) is 0 Å². The number of primary amides is 1. The molecule has 0 aliphatic heterocycles. The van der Waals surface area contributed by atoms with Crippen molar-refractivity contribution in [3.8, 4) is 0 Å². The molecule has 4 N–H and O–H groups in total. The van der Waals surface area contributed by atoms with Gasteiger partial charge in [-0.25, -0.2) is 8.78 Å². The maximum Gasteiger partial charge on any atom is 0.255 e. The minimum Gasteiger partial charge on any atom is -0.399 e. The van der Waals surface area contributed by atoms with Gasteiger partial charge >= 0.3 is 0 Å². The highest BCUT2D eigenvalue weighted by molar-refractivity contribution is 5.99. The van der Waals surface area contributed by atoms with E-state index in [9.17, 15) is 13.6 Å². The molecule has 1 aromatic carbocycles. The third-order valence-electron chi connectivity index (χ3n) is 2.11. The Morgan fingerprint density at radius 2 is 2.12 bits per heavy atom. The molecular formula is C10H13F2N3O. The third-order valence-corrected chi connectivity index (χ3v) is 2.11. The summed E-state index contributed by atoms with van der Waals surface area (Å²) in [7, 11) is 1.46. The number of benzene rings is 1. The second-order valence-electron chi connectivity index (χ2n) is 3.41. The van der Waals surface area contributed by atoms with E-state index in [0.29, 0.717) is 11.4 Å². The van der Waals surface area contributed by atoms with E-state index in [1.807, 2.05) is 0 Å².